The van der Waals surface area contributed by atoms with Crippen molar-refractivity contribution in [3.8, 4) is 0 Å². The van der Waals surface area contributed by atoms with Crippen molar-refractivity contribution >= 4 is 11.8 Å². The molecule has 0 spiro atoms. The first-order valence-electron chi connectivity index (χ1n) is 5.77. The lowest BCUT2D eigenvalue weighted by molar-refractivity contribution is -0.180. The maximum Gasteiger partial charge on any atom is 0.176 e. The molecule has 1 atom stereocenters. The standard InChI is InChI=1S/C11H24N2O2S/c1-11(9-12,10(14-2)15-3)13-5-4-7-16-8-6-13/h10H,4-9,12H2,1-3H3. The highest BCUT2D eigenvalue weighted by Gasteiger charge is 2.39. The van der Waals surface area contributed by atoms with Gasteiger partial charge in [-0.15, -0.1) is 0 Å². The van der Waals surface area contributed by atoms with E-state index < -0.39 is 0 Å². The van der Waals surface area contributed by atoms with Gasteiger partial charge in [0.1, 0.15) is 0 Å². The van der Waals surface area contributed by atoms with Crippen LogP contribution in [0.4, 0.5) is 0 Å². The van der Waals surface area contributed by atoms with Crippen LogP contribution in [0.25, 0.3) is 0 Å². The number of nitrogens with zero attached hydrogens (tertiary/aromatic N) is 1. The quantitative estimate of drug-likeness (QED) is 0.728. The van der Waals surface area contributed by atoms with Gasteiger partial charge in [0, 0.05) is 33.1 Å². The molecule has 0 aromatic heterocycles. The summed E-state index contributed by atoms with van der Waals surface area (Å²) in [6.45, 7) is 4.80. The van der Waals surface area contributed by atoms with Crippen molar-refractivity contribution < 1.29 is 9.47 Å². The van der Waals surface area contributed by atoms with Crippen LogP contribution in [0.15, 0.2) is 0 Å². The molecule has 4 nitrogen and oxygen atoms in total. The number of ether oxygens (including phenoxy) is 2. The molecule has 2 N–H and O–H groups in total. The minimum atomic E-state index is -0.263. The van der Waals surface area contributed by atoms with E-state index >= 15 is 0 Å². The van der Waals surface area contributed by atoms with Crippen molar-refractivity contribution in [3.05, 3.63) is 0 Å². The number of hydrogen-bond acceptors (Lipinski definition) is 5. The number of thioether (sulfide) groups is 1. The molecule has 0 bridgehead atoms. The molecule has 1 rings (SSSR count). The molecule has 1 saturated heterocycles. The molecule has 0 amide bonds. The Hall–Kier alpha value is 0.190. The van der Waals surface area contributed by atoms with Gasteiger partial charge in [0.05, 0.1) is 5.54 Å². The van der Waals surface area contributed by atoms with E-state index in [0.29, 0.717) is 6.54 Å². The molecule has 1 heterocycles. The Morgan fingerprint density at radius 1 is 1.31 bits per heavy atom. The number of rotatable bonds is 5. The fourth-order valence-corrected chi connectivity index (χ4v) is 3.12. The van der Waals surface area contributed by atoms with Crippen LogP contribution in [0.3, 0.4) is 0 Å². The smallest absolute Gasteiger partial charge is 0.176 e. The van der Waals surface area contributed by atoms with E-state index in [0.717, 1.165) is 18.8 Å². The zero-order valence-corrected chi connectivity index (χ0v) is 11.4. The first kappa shape index (κ1) is 14.3. The van der Waals surface area contributed by atoms with E-state index in [-0.39, 0.29) is 11.8 Å². The molecular weight excluding hydrogens is 224 g/mol. The maximum absolute atomic E-state index is 5.93. The second-order valence-corrected chi connectivity index (χ2v) is 5.54. The van der Waals surface area contributed by atoms with E-state index in [4.69, 9.17) is 15.2 Å². The summed E-state index contributed by atoms with van der Waals surface area (Å²) in [5.41, 5.74) is 5.70. The van der Waals surface area contributed by atoms with Gasteiger partial charge in [-0.25, -0.2) is 0 Å². The van der Waals surface area contributed by atoms with Crippen LogP contribution >= 0.6 is 11.8 Å². The molecule has 0 saturated carbocycles. The monoisotopic (exact) mass is 248 g/mol. The summed E-state index contributed by atoms with van der Waals surface area (Å²) in [5, 5.41) is 0. The van der Waals surface area contributed by atoms with Gasteiger partial charge in [-0.1, -0.05) is 0 Å². The summed E-state index contributed by atoms with van der Waals surface area (Å²) in [6, 6.07) is 0. The summed E-state index contributed by atoms with van der Waals surface area (Å²) in [4.78, 5) is 2.41. The molecule has 5 heteroatoms. The number of nitrogens with two attached hydrogens (primary N) is 1. The van der Waals surface area contributed by atoms with Gasteiger partial charge in [-0.2, -0.15) is 11.8 Å². The lowest BCUT2D eigenvalue weighted by Crippen LogP contribution is -2.60. The fourth-order valence-electron chi connectivity index (χ4n) is 2.24. The highest BCUT2D eigenvalue weighted by molar-refractivity contribution is 7.99. The summed E-state index contributed by atoms with van der Waals surface area (Å²) >= 11 is 2.01. The summed E-state index contributed by atoms with van der Waals surface area (Å²) in [7, 11) is 3.35. The maximum atomic E-state index is 5.93. The molecule has 0 radical (unpaired) electrons. The molecule has 0 aromatic carbocycles. The lowest BCUT2D eigenvalue weighted by Gasteiger charge is -2.43. The van der Waals surface area contributed by atoms with E-state index in [1.165, 1.54) is 12.2 Å². The molecular formula is C11H24N2O2S. The Morgan fingerprint density at radius 3 is 2.56 bits per heavy atom. The third-order valence-corrected chi connectivity index (χ3v) is 4.34. The molecule has 96 valence electrons. The first-order chi connectivity index (χ1) is 7.69. The van der Waals surface area contributed by atoms with E-state index in [9.17, 15) is 0 Å². The van der Waals surface area contributed by atoms with Crippen LogP contribution in [0.2, 0.25) is 0 Å². The second-order valence-electron chi connectivity index (χ2n) is 4.32. The summed E-state index contributed by atoms with van der Waals surface area (Å²) in [6.07, 6.45) is 0.945. The second kappa shape index (κ2) is 6.81. The Bertz CT molecular complexity index is 194. The normalized spacial score (nSPS) is 23.1. The van der Waals surface area contributed by atoms with Gasteiger partial charge in [0.15, 0.2) is 6.29 Å². The Kier molecular flexibility index (Phi) is 6.07. The number of methoxy groups -OCH3 is 2. The fraction of sp³-hybridized carbons (Fsp3) is 1.00. The zero-order valence-electron chi connectivity index (χ0n) is 10.6. The third-order valence-electron chi connectivity index (χ3n) is 3.29. The highest BCUT2D eigenvalue weighted by Crippen LogP contribution is 2.24. The predicted octanol–water partition coefficient (Wildman–Crippen LogP) is 0.762. The van der Waals surface area contributed by atoms with Crippen molar-refractivity contribution in [1.82, 2.24) is 4.90 Å². The Labute approximate surface area is 103 Å². The Balaban J connectivity index is 2.75. The largest absolute Gasteiger partial charge is 0.354 e. The van der Waals surface area contributed by atoms with Crippen LogP contribution < -0.4 is 5.73 Å². The van der Waals surface area contributed by atoms with Crippen LogP contribution in [0, 0.1) is 0 Å². The summed E-state index contributed by atoms with van der Waals surface area (Å²) < 4.78 is 10.8. The number of hydrogen-bond donors (Lipinski definition) is 1. The first-order valence-corrected chi connectivity index (χ1v) is 6.93. The molecule has 1 unspecified atom stereocenters. The Morgan fingerprint density at radius 2 is 2.00 bits per heavy atom. The van der Waals surface area contributed by atoms with Crippen LogP contribution in [0.1, 0.15) is 13.3 Å². The van der Waals surface area contributed by atoms with Gasteiger partial charge >= 0.3 is 0 Å². The molecule has 1 aliphatic rings. The van der Waals surface area contributed by atoms with Crippen molar-refractivity contribution in [3.63, 3.8) is 0 Å². The minimum absolute atomic E-state index is 0.228. The van der Waals surface area contributed by atoms with Crippen molar-refractivity contribution in [2.24, 2.45) is 5.73 Å². The van der Waals surface area contributed by atoms with Gasteiger partial charge in [-0.05, 0) is 25.6 Å². The van der Waals surface area contributed by atoms with Gasteiger partial charge in [0.25, 0.3) is 0 Å². The van der Waals surface area contributed by atoms with Crippen LogP contribution in [0.5, 0.6) is 0 Å². The van der Waals surface area contributed by atoms with E-state index in [2.05, 4.69) is 11.8 Å². The van der Waals surface area contributed by atoms with Gasteiger partial charge < -0.3 is 15.2 Å². The van der Waals surface area contributed by atoms with Crippen molar-refractivity contribution in [1.29, 1.82) is 0 Å². The highest BCUT2D eigenvalue weighted by atomic mass is 32.2. The molecule has 0 aromatic rings. The van der Waals surface area contributed by atoms with Gasteiger partial charge in [0.2, 0.25) is 0 Å². The van der Waals surface area contributed by atoms with Crippen molar-refractivity contribution in [2.75, 3.05) is 45.4 Å². The minimum Gasteiger partial charge on any atom is -0.354 e. The third kappa shape index (κ3) is 3.11. The van der Waals surface area contributed by atoms with E-state index in [1.807, 2.05) is 11.8 Å². The summed E-state index contributed by atoms with van der Waals surface area (Å²) in [5.74, 6) is 2.40. The predicted molar refractivity (Wildman–Crippen MR) is 68.8 cm³/mol. The average Bonchev–Trinajstić information content (AvgIpc) is 2.59. The molecule has 1 aliphatic heterocycles. The van der Waals surface area contributed by atoms with Gasteiger partial charge in [-0.3, -0.25) is 4.90 Å². The van der Waals surface area contributed by atoms with Crippen LogP contribution in [-0.2, 0) is 9.47 Å². The molecule has 1 fully saturated rings. The SMILES string of the molecule is COC(OC)C(C)(CN)N1CCCSCC1. The van der Waals surface area contributed by atoms with E-state index in [1.54, 1.807) is 14.2 Å². The van der Waals surface area contributed by atoms with Crippen molar-refractivity contribution in [2.45, 2.75) is 25.2 Å². The average molecular weight is 248 g/mol. The zero-order chi connectivity index (χ0) is 12.0. The topological polar surface area (TPSA) is 47.7 Å². The lowest BCUT2D eigenvalue weighted by atomic mass is 9.98. The molecule has 0 aliphatic carbocycles. The van der Waals surface area contributed by atoms with Crippen LogP contribution in [-0.4, -0.2) is 62.1 Å². The molecule has 16 heavy (non-hydrogen) atoms.